The lowest BCUT2D eigenvalue weighted by Crippen LogP contribution is -2.36. The lowest BCUT2D eigenvalue weighted by Gasteiger charge is -2.10. The molecule has 0 fully saturated rings. The third-order valence-electron chi connectivity index (χ3n) is 1.34. The number of hydrogen-bond acceptors (Lipinski definition) is 4. The van der Waals surface area contributed by atoms with Crippen molar-refractivity contribution >= 4 is 17.7 Å². The fourth-order valence-electron chi connectivity index (χ4n) is 0.571. The molecule has 0 heterocycles. The number of halogens is 1. The minimum Gasteiger partial charge on any atom is -0.464 e. The largest absolute Gasteiger partial charge is 0.464 e. The van der Waals surface area contributed by atoms with Gasteiger partial charge in [-0.2, -0.15) is 0 Å². The number of unbranched alkanes of at least 4 members (excludes halogenated alkanes) is 1. The molecule has 0 unspecified atom stereocenters. The third kappa shape index (κ3) is 4.54. The van der Waals surface area contributed by atoms with Crippen LogP contribution in [0.15, 0.2) is 0 Å². The molecule has 0 aliphatic carbocycles. The molecular formula is C7H14ClNO3. The van der Waals surface area contributed by atoms with Crippen LogP contribution in [-0.2, 0) is 9.53 Å². The maximum atomic E-state index is 11.0. The van der Waals surface area contributed by atoms with Crippen molar-refractivity contribution in [2.24, 2.45) is 0 Å². The average Bonchev–Trinajstić information content (AvgIpc) is 2.07. The van der Waals surface area contributed by atoms with Gasteiger partial charge in [-0.3, -0.25) is 4.79 Å². The van der Waals surface area contributed by atoms with E-state index >= 15 is 0 Å². The van der Waals surface area contributed by atoms with Gasteiger partial charge in [-0.05, 0) is 18.2 Å². The molecule has 0 radical (unpaired) electrons. The van der Waals surface area contributed by atoms with Crippen LogP contribution in [0.3, 0.4) is 0 Å². The number of carbonyl (C=O) groups excluding carboxylic acids is 1. The highest BCUT2D eigenvalue weighted by Gasteiger charge is 2.16. The lowest BCUT2D eigenvalue weighted by atomic mass is 10.3. The van der Waals surface area contributed by atoms with Gasteiger partial charge in [0.15, 0.2) is 0 Å². The van der Waals surface area contributed by atoms with Gasteiger partial charge in [0.2, 0.25) is 0 Å². The topological polar surface area (TPSA) is 58.6 Å². The van der Waals surface area contributed by atoms with Crippen molar-refractivity contribution in [3.05, 3.63) is 0 Å². The van der Waals surface area contributed by atoms with E-state index in [2.05, 4.69) is 4.84 Å². The highest BCUT2D eigenvalue weighted by Crippen LogP contribution is 1.93. The van der Waals surface area contributed by atoms with Gasteiger partial charge in [-0.25, -0.2) is 4.84 Å². The predicted octanol–water partition coefficient (Wildman–Crippen LogP) is 0.434. The number of aliphatic hydroxyl groups is 1. The molecule has 0 aliphatic rings. The molecule has 72 valence electrons. The normalized spacial score (nSPS) is 12.6. The number of esters is 1. The summed E-state index contributed by atoms with van der Waals surface area (Å²) in [6.07, 6.45) is 1.79. The minimum absolute atomic E-state index is 0.353. The molecule has 4 nitrogen and oxygen atoms in total. The van der Waals surface area contributed by atoms with Crippen molar-refractivity contribution in [1.82, 2.24) is 4.84 Å². The van der Waals surface area contributed by atoms with E-state index in [1.165, 1.54) is 0 Å². The van der Waals surface area contributed by atoms with Crippen LogP contribution in [0.25, 0.3) is 0 Å². The number of nitrogens with one attached hydrogen (secondary N) is 1. The number of rotatable bonds is 6. The number of hydrogen-bond donors (Lipinski definition) is 2. The van der Waals surface area contributed by atoms with Gasteiger partial charge in [-0.1, -0.05) is 13.3 Å². The van der Waals surface area contributed by atoms with Crippen molar-refractivity contribution in [1.29, 1.82) is 0 Å². The Kier molecular flexibility index (Phi) is 7.14. The molecule has 12 heavy (non-hydrogen) atoms. The van der Waals surface area contributed by atoms with Crippen molar-refractivity contribution in [3.63, 3.8) is 0 Å². The number of ether oxygens (including phenoxy) is 1. The van der Waals surface area contributed by atoms with Crippen LogP contribution >= 0.6 is 11.8 Å². The van der Waals surface area contributed by atoms with Crippen LogP contribution in [0.5, 0.6) is 0 Å². The zero-order valence-electron chi connectivity index (χ0n) is 7.05. The Hall–Kier alpha value is -0.320. The van der Waals surface area contributed by atoms with E-state index in [0.717, 1.165) is 12.8 Å². The Labute approximate surface area is 77.0 Å². The molecule has 1 atom stereocenters. The van der Waals surface area contributed by atoms with Gasteiger partial charge in [0.1, 0.15) is 6.04 Å². The van der Waals surface area contributed by atoms with Crippen LogP contribution in [0.4, 0.5) is 0 Å². The molecule has 5 heteroatoms. The average molecular weight is 196 g/mol. The van der Waals surface area contributed by atoms with Gasteiger partial charge < -0.3 is 9.84 Å². The second kappa shape index (κ2) is 7.34. The highest BCUT2D eigenvalue weighted by atomic mass is 35.5. The maximum Gasteiger partial charge on any atom is 0.326 e. The Bertz CT molecular complexity index is 128. The monoisotopic (exact) mass is 195 g/mol. The van der Waals surface area contributed by atoms with Crippen molar-refractivity contribution in [2.45, 2.75) is 25.8 Å². The summed E-state index contributed by atoms with van der Waals surface area (Å²) < 4.78 is 4.78. The van der Waals surface area contributed by atoms with Crippen molar-refractivity contribution < 1.29 is 14.6 Å². The molecule has 0 amide bonds. The van der Waals surface area contributed by atoms with Gasteiger partial charge in [0.25, 0.3) is 0 Å². The lowest BCUT2D eigenvalue weighted by molar-refractivity contribution is -0.146. The van der Waals surface area contributed by atoms with E-state index in [4.69, 9.17) is 21.6 Å². The molecule has 0 saturated heterocycles. The van der Waals surface area contributed by atoms with E-state index in [9.17, 15) is 4.79 Å². The van der Waals surface area contributed by atoms with Gasteiger partial charge in [-0.15, -0.1) is 0 Å². The predicted molar refractivity (Wildman–Crippen MR) is 45.7 cm³/mol. The van der Waals surface area contributed by atoms with Crippen molar-refractivity contribution in [2.75, 3.05) is 13.2 Å². The first-order valence-corrected chi connectivity index (χ1v) is 4.27. The Morgan fingerprint density at radius 1 is 1.75 bits per heavy atom. The fraction of sp³-hybridized carbons (Fsp3) is 0.857. The fourth-order valence-corrected chi connectivity index (χ4v) is 0.729. The van der Waals surface area contributed by atoms with Gasteiger partial charge in [0.05, 0.1) is 13.2 Å². The maximum absolute atomic E-state index is 11.0. The van der Waals surface area contributed by atoms with Crippen LogP contribution < -0.4 is 4.84 Å². The van der Waals surface area contributed by atoms with Crippen LogP contribution in [0.2, 0.25) is 0 Å². The molecule has 0 saturated carbocycles. The summed E-state index contributed by atoms with van der Waals surface area (Å²) in [5, 5.41) is 8.61. The van der Waals surface area contributed by atoms with Crippen LogP contribution in [0, 0.1) is 0 Å². The summed E-state index contributed by atoms with van der Waals surface area (Å²) in [6.45, 7) is 2.02. The molecule has 0 aromatic heterocycles. The zero-order valence-corrected chi connectivity index (χ0v) is 7.80. The first-order chi connectivity index (χ1) is 5.76. The van der Waals surface area contributed by atoms with Crippen molar-refractivity contribution in [3.8, 4) is 0 Å². The van der Waals surface area contributed by atoms with E-state index in [-0.39, 0.29) is 6.61 Å². The van der Waals surface area contributed by atoms with E-state index in [0.29, 0.717) is 6.61 Å². The number of aliphatic hydroxyl groups excluding tert-OH is 1. The summed E-state index contributed by atoms with van der Waals surface area (Å²) in [6, 6.07) is -0.816. The number of carbonyl (C=O) groups is 1. The molecule has 0 rings (SSSR count). The Morgan fingerprint density at radius 3 is 2.83 bits per heavy atom. The molecule has 0 aliphatic heterocycles. The van der Waals surface area contributed by atoms with E-state index in [1.54, 1.807) is 0 Å². The molecular weight excluding hydrogens is 182 g/mol. The summed E-state index contributed by atoms with van der Waals surface area (Å²) >= 11 is 5.16. The van der Waals surface area contributed by atoms with E-state index < -0.39 is 12.0 Å². The molecule has 2 N–H and O–H groups in total. The van der Waals surface area contributed by atoms with Gasteiger partial charge in [0, 0.05) is 0 Å². The highest BCUT2D eigenvalue weighted by molar-refractivity contribution is 6.14. The smallest absolute Gasteiger partial charge is 0.326 e. The molecule has 0 spiro atoms. The Morgan fingerprint density at radius 2 is 2.42 bits per heavy atom. The summed E-state index contributed by atoms with van der Waals surface area (Å²) in [7, 11) is 0. The second-order valence-electron chi connectivity index (χ2n) is 2.37. The SMILES string of the molecule is CCCCOC(=O)[C@H](CO)NCl. The summed E-state index contributed by atoms with van der Waals surface area (Å²) in [5.74, 6) is -0.513. The second-order valence-corrected chi connectivity index (χ2v) is 2.58. The Balaban J connectivity index is 3.54. The van der Waals surface area contributed by atoms with Crippen LogP contribution in [0.1, 0.15) is 19.8 Å². The standard InChI is InChI=1S/C7H14ClNO3/c1-2-3-4-12-7(11)6(5-10)9-8/h6,9-10H,2-5H2,1H3/t6-/m0/s1. The summed E-state index contributed by atoms with van der Waals surface area (Å²) in [5.41, 5.74) is 0. The quantitative estimate of drug-likeness (QED) is 0.367. The zero-order chi connectivity index (χ0) is 9.40. The minimum atomic E-state index is -0.816. The summed E-state index contributed by atoms with van der Waals surface area (Å²) in [4.78, 5) is 13.1. The first-order valence-electron chi connectivity index (χ1n) is 3.89. The van der Waals surface area contributed by atoms with Crippen LogP contribution in [-0.4, -0.2) is 30.3 Å². The van der Waals surface area contributed by atoms with Gasteiger partial charge >= 0.3 is 5.97 Å². The van der Waals surface area contributed by atoms with E-state index in [1.807, 2.05) is 6.92 Å². The molecule has 0 aromatic rings. The third-order valence-corrected chi connectivity index (χ3v) is 1.60. The first kappa shape index (κ1) is 11.7. The molecule has 0 aromatic carbocycles. The molecule has 0 bridgehead atoms.